The fourth-order valence-corrected chi connectivity index (χ4v) is 4.10. The minimum Gasteiger partial charge on any atom is -0.484 e. The van der Waals surface area contributed by atoms with Crippen LogP contribution in [0.4, 0.5) is 0 Å². The lowest BCUT2D eigenvalue weighted by molar-refractivity contribution is -0.134. The first-order valence-corrected chi connectivity index (χ1v) is 12.0. The molecule has 192 valence electrons. The Labute approximate surface area is 206 Å². The van der Waals surface area contributed by atoms with Gasteiger partial charge >= 0.3 is 0 Å². The number of β-amino-alcohol motifs (C(OH)–C–C–N with tert-alkyl or cyclic N) is 1. The van der Waals surface area contributed by atoms with Crippen molar-refractivity contribution in [3.05, 3.63) is 29.3 Å². The van der Waals surface area contributed by atoms with E-state index in [1.807, 2.05) is 37.8 Å². The third kappa shape index (κ3) is 8.24. The maximum Gasteiger partial charge on any atom is 0.258 e. The predicted molar refractivity (Wildman–Crippen MR) is 128 cm³/mol. The van der Waals surface area contributed by atoms with Crippen molar-refractivity contribution < 1.29 is 29.0 Å². The molecule has 2 aliphatic heterocycles. The van der Waals surface area contributed by atoms with Crippen LogP contribution in [-0.4, -0.2) is 84.0 Å². The highest BCUT2D eigenvalue weighted by Crippen LogP contribution is 2.26. The minimum atomic E-state index is -0.515. The number of ether oxygens (including phenoxy) is 1. The summed E-state index contributed by atoms with van der Waals surface area (Å²) in [4.78, 5) is 51.9. The predicted octanol–water partition coefficient (Wildman–Crippen LogP) is 0.212. The van der Waals surface area contributed by atoms with E-state index in [1.54, 1.807) is 6.07 Å². The number of nitrogens with zero attached hydrogens (tertiary/aromatic N) is 2. The molecule has 1 fully saturated rings. The Morgan fingerprint density at radius 3 is 2.43 bits per heavy atom. The van der Waals surface area contributed by atoms with Crippen molar-refractivity contribution in [2.24, 2.45) is 5.41 Å². The zero-order valence-electron chi connectivity index (χ0n) is 20.8. The lowest BCUT2D eigenvalue weighted by Crippen LogP contribution is -2.43. The van der Waals surface area contributed by atoms with Crippen molar-refractivity contribution in [3.8, 4) is 5.75 Å². The number of aliphatic hydroxyl groups excluding tert-OH is 1. The number of hydrogen-bond acceptors (Lipinski definition) is 6. The number of carbonyl (C=O) groups excluding carboxylic acids is 4. The Bertz CT molecular complexity index is 958. The van der Waals surface area contributed by atoms with Gasteiger partial charge < -0.3 is 30.3 Å². The smallest absolute Gasteiger partial charge is 0.258 e. The van der Waals surface area contributed by atoms with Gasteiger partial charge in [0.15, 0.2) is 6.61 Å². The monoisotopic (exact) mass is 488 g/mol. The first kappa shape index (κ1) is 26.5. The molecule has 1 atom stereocenters. The number of hydrogen-bond donors (Lipinski definition) is 3. The first-order valence-electron chi connectivity index (χ1n) is 12.0. The number of benzene rings is 1. The second kappa shape index (κ2) is 11.5. The summed E-state index contributed by atoms with van der Waals surface area (Å²) in [6.45, 7) is 7.38. The van der Waals surface area contributed by atoms with E-state index in [1.165, 1.54) is 4.90 Å². The Kier molecular flexibility index (Phi) is 8.71. The van der Waals surface area contributed by atoms with E-state index in [4.69, 9.17) is 4.74 Å². The molecule has 3 N–H and O–H groups in total. The van der Waals surface area contributed by atoms with E-state index < -0.39 is 17.9 Å². The molecule has 0 radical (unpaired) electrons. The van der Waals surface area contributed by atoms with Crippen LogP contribution in [0.1, 0.15) is 44.7 Å². The number of likely N-dealkylation sites (tertiary alicyclic amines) is 1. The van der Waals surface area contributed by atoms with E-state index in [2.05, 4.69) is 10.6 Å². The first-order chi connectivity index (χ1) is 16.5. The molecule has 1 saturated heterocycles. The molecule has 2 aliphatic rings. The van der Waals surface area contributed by atoms with E-state index in [9.17, 15) is 24.3 Å². The molecule has 0 aromatic heterocycles. The summed E-state index contributed by atoms with van der Waals surface area (Å²) in [6, 6.07) is 5.61. The van der Waals surface area contributed by atoms with Crippen LogP contribution < -0.4 is 15.4 Å². The minimum absolute atomic E-state index is 0.0699. The number of rotatable bonds is 8. The van der Waals surface area contributed by atoms with Crippen LogP contribution >= 0.6 is 0 Å². The van der Waals surface area contributed by atoms with Crippen LogP contribution in [0.25, 0.3) is 0 Å². The molecule has 4 amide bonds. The molecule has 0 saturated carbocycles. The highest BCUT2D eigenvalue weighted by molar-refractivity contribution is 5.88. The molecular weight excluding hydrogens is 452 g/mol. The quantitative estimate of drug-likeness (QED) is 0.480. The molecule has 2 heterocycles. The van der Waals surface area contributed by atoms with Crippen LogP contribution in [-0.2, 0) is 32.1 Å². The highest BCUT2D eigenvalue weighted by Gasteiger charge is 2.26. The lowest BCUT2D eigenvalue weighted by Gasteiger charge is -2.31. The molecule has 0 spiro atoms. The van der Waals surface area contributed by atoms with Crippen molar-refractivity contribution >= 4 is 23.6 Å². The largest absolute Gasteiger partial charge is 0.484 e. The summed E-state index contributed by atoms with van der Waals surface area (Å²) >= 11 is 0. The molecule has 3 rings (SSSR count). The summed E-state index contributed by atoms with van der Waals surface area (Å²) < 4.78 is 5.59. The van der Waals surface area contributed by atoms with Crippen LogP contribution in [0.15, 0.2) is 18.2 Å². The third-order valence-electron chi connectivity index (χ3n) is 5.99. The Hall–Kier alpha value is -3.14. The van der Waals surface area contributed by atoms with Crippen LogP contribution in [0, 0.1) is 5.41 Å². The van der Waals surface area contributed by atoms with Gasteiger partial charge in [0.05, 0.1) is 19.2 Å². The van der Waals surface area contributed by atoms with Gasteiger partial charge in [-0.3, -0.25) is 19.2 Å². The summed E-state index contributed by atoms with van der Waals surface area (Å²) in [5, 5.41) is 14.4. The highest BCUT2D eigenvalue weighted by atomic mass is 16.5. The molecule has 1 aromatic carbocycles. The van der Waals surface area contributed by atoms with Crippen molar-refractivity contribution in [3.63, 3.8) is 0 Å². The number of aliphatic hydroxyl groups is 1. The summed E-state index contributed by atoms with van der Waals surface area (Å²) in [5.74, 6) is -0.566. The standard InChI is InChI=1S/C25H36N4O6/c1-25(2,3)11-23(33)28-8-6-17-4-5-20(10-18(17)14-28)35-16-22(32)26-12-21(31)27-13-24(34)29-9-7-19(30)15-29/h4-5,10,19,30H,6-9,11-16H2,1-3H3,(H,26,32)(H,27,31)/t19-/m1/s1. The van der Waals surface area contributed by atoms with E-state index >= 15 is 0 Å². The molecule has 10 nitrogen and oxygen atoms in total. The van der Waals surface area contributed by atoms with Crippen molar-refractivity contribution in [1.29, 1.82) is 0 Å². The van der Waals surface area contributed by atoms with Gasteiger partial charge in [0.25, 0.3) is 5.91 Å². The van der Waals surface area contributed by atoms with Gasteiger partial charge in [-0.2, -0.15) is 0 Å². The molecule has 35 heavy (non-hydrogen) atoms. The van der Waals surface area contributed by atoms with Gasteiger partial charge in [0, 0.05) is 32.6 Å². The van der Waals surface area contributed by atoms with E-state index in [-0.39, 0.29) is 43.5 Å². The van der Waals surface area contributed by atoms with Gasteiger partial charge in [-0.05, 0) is 41.5 Å². The third-order valence-corrected chi connectivity index (χ3v) is 5.99. The Morgan fingerprint density at radius 1 is 1.00 bits per heavy atom. The summed E-state index contributed by atoms with van der Waals surface area (Å²) in [6.07, 6.45) is 1.29. The molecule has 0 unspecified atom stereocenters. The number of nitrogens with one attached hydrogen (secondary N) is 2. The summed E-state index contributed by atoms with van der Waals surface area (Å²) in [7, 11) is 0. The lowest BCUT2D eigenvalue weighted by atomic mass is 9.90. The van der Waals surface area contributed by atoms with E-state index in [0.717, 1.165) is 17.5 Å². The van der Waals surface area contributed by atoms with E-state index in [0.29, 0.717) is 38.2 Å². The average molecular weight is 489 g/mol. The van der Waals surface area contributed by atoms with Gasteiger partial charge in [0.2, 0.25) is 17.7 Å². The number of carbonyl (C=O) groups is 4. The van der Waals surface area contributed by atoms with Crippen LogP contribution in [0.3, 0.4) is 0 Å². The summed E-state index contributed by atoms with van der Waals surface area (Å²) in [5.41, 5.74) is 2.10. The second-order valence-corrected chi connectivity index (χ2v) is 10.4. The fraction of sp³-hybridized carbons (Fsp3) is 0.600. The number of fused-ring (bicyclic) bond motifs is 1. The Balaban J connectivity index is 1.39. The van der Waals surface area contributed by atoms with Crippen LogP contribution in [0.5, 0.6) is 5.75 Å². The van der Waals surface area contributed by atoms with Crippen molar-refractivity contribution in [2.75, 3.05) is 39.3 Å². The normalized spacial score (nSPS) is 17.5. The maximum absolute atomic E-state index is 12.6. The van der Waals surface area contributed by atoms with Gasteiger partial charge in [0.1, 0.15) is 5.75 Å². The maximum atomic E-state index is 12.6. The molecule has 0 aliphatic carbocycles. The molecule has 1 aromatic rings. The molecule has 0 bridgehead atoms. The number of amides is 4. The molecular formula is C25H36N4O6. The molecule has 10 heteroatoms. The fourth-order valence-electron chi connectivity index (χ4n) is 4.10. The van der Waals surface area contributed by atoms with Crippen molar-refractivity contribution in [1.82, 2.24) is 20.4 Å². The second-order valence-electron chi connectivity index (χ2n) is 10.4. The SMILES string of the molecule is CC(C)(C)CC(=O)N1CCc2ccc(OCC(=O)NCC(=O)NCC(=O)N3CC[C@@H](O)C3)cc2C1. The zero-order valence-corrected chi connectivity index (χ0v) is 20.8. The average Bonchev–Trinajstić information content (AvgIpc) is 3.24. The topological polar surface area (TPSA) is 128 Å². The van der Waals surface area contributed by atoms with Gasteiger partial charge in [-0.1, -0.05) is 26.8 Å². The van der Waals surface area contributed by atoms with Crippen LogP contribution in [0.2, 0.25) is 0 Å². The Morgan fingerprint density at radius 2 is 1.74 bits per heavy atom. The van der Waals surface area contributed by atoms with Gasteiger partial charge in [-0.25, -0.2) is 0 Å². The zero-order chi connectivity index (χ0) is 25.6. The van der Waals surface area contributed by atoms with Crippen molar-refractivity contribution in [2.45, 2.75) is 52.7 Å². The van der Waals surface area contributed by atoms with Gasteiger partial charge in [-0.15, -0.1) is 0 Å².